The van der Waals surface area contributed by atoms with Crippen LogP contribution in [0.15, 0.2) is 72.8 Å². The van der Waals surface area contributed by atoms with Gasteiger partial charge in [-0.25, -0.2) is 0 Å². The van der Waals surface area contributed by atoms with Gasteiger partial charge in [0.25, 0.3) is 5.91 Å². The summed E-state index contributed by atoms with van der Waals surface area (Å²) < 4.78 is 5.81. The molecule has 0 aliphatic rings. The van der Waals surface area contributed by atoms with Gasteiger partial charge in [-0.1, -0.05) is 61.5 Å². The number of hydrogen-bond acceptors (Lipinski definition) is 4. The first-order valence-corrected chi connectivity index (χ1v) is 11.6. The summed E-state index contributed by atoms with van der Waals surface area (Å²) in [6.45, 7) is 5.67. The van der Waals surface area contributed by atoms with Crippen molar-refractivity contribution in [3.8, 4) is 16.9 Å². The molecule has 1 unspecified atom stereocenters. The van der Waals surface area contributed by atoms with Crippen LogP contribution in [0.2, 0.25) is 0 Å². The normalized spacial score (nSPS) is 11.3. The van der Waals surface area contributed by atoms with E-state index in [0.717, 1.165) is 27.9 Å². The number of carbonyl (C=O) groups excluding carboxylic acids is 3. The summed E-state index contributed by atoms with van der Waals surface area (Å²) in [6, 6.07) is 23.2. The van der Waals surface area contributed by atoms with Crippen molar-refractivity contribution in [3.05, 3.63) is 83.9 Å². The Morgan fingerprint density at radius 3 is 2.14 bits per heavy atom. The lowest BCUT2D eigenvalue weighted by molar-refractivity contribution is -0.133. The zero-order valence-corrected chi connectivity index (χ0v) is 20.3. The molecule has 3 rings (SSSR count). The Bertz CT molecular complexity index is 1160. The van der Waals surface area contributed by atoms with Crippen molar-refractivity contribution < 1.29 is 19.1 Å². The lowest BCUT2D eigenvalue weighted by atomic mass is 10.1. The van der Waals surface area contributed by atoms with Gasteiger partial charge in [-0.05, 0) is 60.7 Å². The predicted octanol–water partition coefficient (Wildman–Crippen LogP) is 4.69. The maximum absolute atomic E-state index is 12.5. The number of anilines is 1. The summed E-state index contributed by atoms with van der Waals surface area (Å²) in [4.78, 5) is 36.8. The van der Waals surface area contributed by atoms with Gasteiger partial charge >= 0.3 is 0 Å². The summed E-state index contributed by atoms with van der Waals surface area (Å²) in [5.74, 6) is -0.639. The van der Waals surface area contributed by atoms with Crippen LogP contribution in [0, 0.1) is 13.8 Å². The molecule has 0 saturated carbocycles. The largest absolute Gasteiger partial charge is 0.481 e. The second kappa shape index (κ2) is 12.4. The summed E-state index contributed by atoms with van der Waals surface area (Å²) >= 11 is 0. The molecule has 3 amide bonds. The number of hydrogen-bond donors (Lipinski definition) is 3. The molecule has 182 valence electrons. The van der Waals surface area contributed by atoms with Gasteiger partial charge in [0.2, 0.25) is 11.8 Å². The van der Waals surface area contributed by atoms with Gasteiger partial charge in [-0.2, -0.15) is 0 Å². The van der Waals surface area contributed by atoms with Crippen LogP contribution in [0.25, 0.3) is 11.1 Å². The molecule has 1 atom stereocenters. The Morgan fingerprint density at radius 2 is 1.46 bits per heavy atom. The number of ether oxygens (including phenoxy) is 1. The Morgan fingerprint density at radius 1 is 0.800 bits per heavy atom. The number of amides is 3. The maximum atomic E-state index is 12.5. The second-order valence-electron chi connectivity index (χ2n) is 8.31. The SMILES string of the molecule is CCC(Oc1ccc(-c2ccccc2)cc1)C(=O)NNC(=O)CCC(=O)Nc1cc(C)ccc1C. The van der Waals surface area contributed by atoms with E-state index in [1.807, 2.05) is 93.6 Å². The molecule has 0 aliphatic carbocycles. The molecule has 35 heavy (non-hydrogen) atoms. The smallest absolute Gasteiger partial charge is 0.279 e. The lowest BCUT2D eigenvalue weighted by Gasteiger charge is -2.18. The van der Waals surface area contributed by atoms with Crippen molar-refractivity contribution in [2.45, 2.75) is 46.1 Å². The van der Waals surface area contributed by atoms with E-state index >= 15 is 0 Å². The molecule has 0 spiro atoms. The molecule has 0 heterocycles. The molecular formula is C28H31N3O4. The first-order chi connectivity index (χ1) is 16.9. The molecule has 3 aromatic rings. The number of benzene rings is 3. The molecule has 0 aliphatic heterocycles. The molecule has 0 aromatic heterocycles. The van der Waals surface area contributed by atoms with E-state index in [1.165, 1.54) is 0 Å². The highest BCUT2D eigenvalue weighted by molar-refractivity contribution is 5.94. The van der Waals surface area contributed by atoms with Crippen molar-refractivity contribution in [3.63, 3.8) is 0 Å². The van der Waals surface area contributed by atoms with Gasteiger partial charge in [0, 0.05) is 18.5 Å². The molecule has 0 bridgehead atoms. The first-order valence-electron chi connectivity index (χ1n) is 11.6. The summed E-state index contributed by atoms with van der Waals surface area (Å²) in [7, 11) is 0. The topological polar surface area (TPSA) is 96.5 Å². The van der Waals surface area contributed by atoms with Crippen molar-refractivity contribution in [2.24, 2.45) is 0 Å². The zero-order valence-electron chi connectivity index (χ0n) is 20.3. The van der Waals surface area contributed by atoms with E-state index in [0.29, 0.717) is 12.2 Å². The number of hydrazine groups is 1. The van der Waals surface area contributed by atoms with Crippen LogP contribution in [0.3, 0.4) is 0 Å². The quantitative estimate of drug-likeness (QED) is 0.393. The fraction of sp³-hybridized carbons (Fsp3) is 0.250. The minimum Gasteiger partial charge on any atom is -0.481 e. The van der Waals surface area contributed by atoms with Crippen LogP contribution < -0.4 is 20.9 Å². The average molecular weight is 474 g/mol. The number of nitrogens with one attached hydrogen (secondary N) is 3. The van der Waals surface area contributed by atoms with Gasteiger partial charge < -0.3 is 10.1 Å². The zero-order chi connectivity index (χ0) is 25.2. The third kappa shape index (κ3) is 7.71. The van der Waals surface area contributed by atoms with Gasteiger partial charge in [0.05, 0.1) is 0 Å². The molecule has 0 saturated heterocycles. The van der Waals surface area contributed by atoms with E-state index in [-0.39, 0.29) is 18.7 Å². The summed E-state index contributed by atoms with van der Waals surface area (Å²) in [5.41, 5.74) is 9.58. The fourth-order valence-electron chi connectivity index (χ4n) is 3.43. The predicted molar refractivity (Wildman–Crippen MR) is 137 cm³/mol. The highest BCUT2D eigenvalue weighted by Gasteiger charge is 2.19. The van der Waals surface area contributed by atoms with Crippen molar-refractivity contribution >= 4 is 23.4 Å². The molecule has 0 fully saturated rings. The molecule has 0 radical (unpaired) electrons. The number of rotatable bonds is 9. The van der Waals surface area contributed by atoms with E-state index in [1.54, 1.807) is 0 Å². The highest BCUT2D eigenvalue weighted by atomic mass is 16.5. The van der Waals surface area contributed by atoms with Crippen LogP contribution >= 0.6 is 0 Å². The minimum atomic E-state index is -0.773. The lowest BCUT2D eigenvalue weighted by Crippen LogP contribution is -2.48. The standard InChI is InChI=1S/C28H31N3O4/c1-4-25(35-23-14-12-22(13-15-23)21-8-6-5-7-9-21)28(34)31-30-27(33)17-16-26(32)29-24-18-19(2)10-11-20(24)3/h5-15,18,25H,4,16-17H2,1-3H3,(H,29,32)(H,30,33)(H,31,34). The first kappa shape index (κ1) is 25.5. The monoisotopic (exact) mass is 473 g/mol. The summed E-state index contributed by atoms with van der Waals surface area (Å²) in [6.07, 6.45) is -0.419. The van der Waals surface area contributed by atoms with Gasteiger partial charge in [-0.3, -0.25) is 25.2 Å². The van der Waals surface area contributed by atoms with Gasteiger partial charge in [-0.15, -0.1) is 0 Å². The van der Waals surface area contributed by atoms with E-state index in [4.69, 9.17) is 4.74 Å². The Labute approximate surface area is 205 Å². The van der Waals surface area contributed by atoms with Crippen molar-refractivity contribution in [2.75, 3.05) is 5.32 Å². The Hall–Kier alpha value is -4.13. The minimum absolute atomic E-state index is 0.00342. The fourth-order valence-corrected chi connectivity index (χ4v) is 3.43. The average Bonchev–Trinajstić information content (AvgIpc) is 2.87. The third-order valence-corrected chi connectivity index (χ3v) is 5.47. The number of aryl methyl sites for hydroxylation is 2. The van der Waals surface area contributed by atoms with Gasteiger partial charge in [0.15, 0.2) is 6.10 Å². The Balaban J connectivity index is 1.43. The maximum Gasteiger partial charge on any atom is 0.279 e. The van der Waals surface area contributed by atoms with Crippen molar-refractivity contribution in [1.82, 2.24) is 10.9 Å². The highest BCUT2D eigenvalue weighted by Crippen LogP contribution is 2.23. The second-order valence-corrected chi connectivity index (χ2v) is 8.31. The summed E-state index contributed by atoms with van der Waals surface area (Å²) in [5, 5.41) is 2.81. The molecule has 7 nitrogen and oxygen atoms in total. The van der Waals surface area contributed by atoms with E-state index in [9.17, 15) is 14.4 Å². The van der Waals surface area contributed by atoms with Crippen LogP contribution in [0.1, 0.15) is 37.3 Å². The molecular weight excluding hydrogens is 442 g/mol. The van der Waals surface area contributed by atoms with E-state index < -0.39 is 17.9 Å². The van der Waals surface area contributed by atoms with E-state index in [2.05, 4.69) is 16.2 Å². The molecule has 7 heteroatoms. The number of carbonyl (C=O) groups is 3. The van der Waals surface area contributed by atoms with Crippen molar-refractivity contribution in [1.29, 1.82) is 0 Å². The molecule has 3 N–H and O–H groups in total. The third-order valence-electron chi connectivity index (χ3n) is 5.47. The van der Waals surface area contributed by atoms with Gasteiger partial charge in [0.1, 0.15) is 5.75 Å². The molecule has 3 aromatic carbocycles. The van der Waals surface area contributed by atoms with Crippen LogP contribution in [0.5, 0.6) is 5.75 Å². The van der Waals surface area contributed by atoms with Crippen LogP contribution in [-0.2, 0) is 14.4 Å². The van der Waals surface area contributed by atoms with Crippen LogP contribution in [-0.4, -0.2) is 23.8 Å². The Kier molecular flexibility index (Phi) is 9.01. The van der Waals surface area contributed by atoms with Crippen LogP contribution in [0.4, 0.5) is 5.69 Å².